The first kappa shape index (κ1) is 19.7. The molecule has 0 aliphatic rings. The molecule has 0 bridgehead atoms. The van der Waals surface area contributed by atoms with Crippen molar-refractivity contribution in [3.63, 3.8) is 0 Å². The summed E-state index contributed by atoms with van der Waals surface area (Å²) in [6.07, 6.45) is 4.09. The maximum Gasteiger partial charge on any atom is 0.251 e. The van der Waals surface area contributed by atoms with Crippen LogP contribution in [0.5, 0.6) is 0 Å². The quantitative estimate of drug-likeness (QED) is 0.648. The van der Waals surface area contributed by atoms with E-state index < -0.39 is 0 Å². The first-order chi connectivity index (χ1) is 13.5. The van der Waals surface area contributed by atoms with Crippen LogP contribution in [0, 0.1) is 11.7 Å². The number of carbonyl (C=O) groups excluding carboxylic acids is 1. The summed E-state index contributed by atoms with van der Waals surface area (Å²) in [5.41, 5.74) is 0.423. The van der Waals surface area contributed by atoms with E-state index >= 15 is 0 Å². The van der Waals surface area contributed by atoms with Crippen molar-refractivity contribution < 1.29 is 9.18 Å². The predicted octanol–water partition coefficient (Wildman–Crippen LogP) is 2.70. The van der Waals surface area contributed by atoms with Gasteiger partial charge in [0.15, 0.2) is 11.6 Å². The van der Waals surface area contributed by atoms with Gasteiger partial charge in [-0.1, -0.05) is 20.3 Å². The number of nitrogens with zero attached hydrogens (tertiary/aromatic N) is 5. The van der Waals surface area contributed by atoms with Gasteiger partial charge in [0.25, 0.3) is 5.91 Å². The molecule has 2 aromatic heterocycles. The molecule has 1 amide bonds. The smallest absolute Gasteiger partial charge is 0.251 e. The topological polar surface area (TPSA) is 77.6 Å². The lowest BCUT2D eigenvalue weighted by atomic mass is 10.1. The molecule has 0 saturated carbocycles. The second kappa shape index (κ2) is 8.77. The Morgan fingerprint density at radius 3 is 2.64 bits per heavy atom. The zero-order valence-corrected chi connectivity index (χ0v) is 16.4. The number of hydrogen-bond donors (Lipinski definition) is 1. The second-order valence-electron chi connectivity index (χ2n) is 6.90. The molecule has 1 aromatic carbocycles. The molecule has 3 rings (SSSR count). The highest BCUT2D eigenvalue weighted by molar-refractivity contribution is 5.94. The number of rotatable bonds is 8. The van der Waals surface area contributed by atoms with E-state index in [1.165, 1.54) is 24.3 Å². The van der Waals surface area contributed by atoms with Gasteiger partial charge in [0.05, 0.1) is 6.20 Å². The number of aromatic nitrogens is 5. The Labute approximate surface area is 163 Å². The number of benzene rings is 1. The zero-order valence-electron chi connectivity index (χ0n) is 16.4. The molecule has 3 aromatic rings. The minimum atomic E-state index is -0.366. The molecule has 1 atom stereocenters. The minimum absolute atomic E-state index is 0.244. The third kappa shape index (κ3) is 4.62. The SMILES string of the molecule is CCC(C)Cc1nc(CCNC(=O)c2ccc(F)cc2)n(-c2ccnn2C)n1. The lowest BCUT2D eigenvalue weighted by Gasteiger charge is -2.07. The fourth-order valence-corrected chi connectivity index (χ4v) is 2.85. The van der Waals surface area contributed by atoms with Gasteiger partial charge in [-0.15, -0.1) is 5.10 Å². The summed E-state index contributed by atoms with van der Waals surface area (Å²) in [4.78, 5) is 16.9. The standard InChI is InChI=1S/C20H25FN6O/c1-4-14(2)13-17-24-18(27(25-17)19-10-12-23-26(19)3)9-11-22-20(28)15-5-7-16(21)8-6-15/h5-8,10,12,14H,4,9,11,13H2,1-3H3,(H,22,28). The van der Waals surface area contributed by atoms with Crippen molar-refractivity contribution in [1.82, 2.24) is 29.9 Å². The predicted molar refractivity (Wildman–Crippen MR) is 104 cm³/mol. The van der Waals surface area contributed by atoms with Crippen LogP contribution in [0.4, 0.5) is 4.39 Å². The Hall–Kier alpha value is -3.03. The highest BCUT2D eigenvalue weighted by atomic mass is 19.1. The maximum atomic E-state index is 13.0. The van der Waals surface area contributed by atoms with E-state index in [2.05, 4.69) is 34.3 Å². The van der Waals surface area contributed by atoms with Gasteiger partial charge in [0.2, 0.25) is 0 Å². The number of aryl methyl sites for hydroxylation is 1. The third-order valence-electron chi connectivity index (χ3n) is 4.70. The molecule has 0 saturated heterocycles. The lowest BCUT2D eigenvalue weighted by molar-refractivity contribution is 0.0954. The molecule has 28 heavy (non-hydrogen) atoms. The van der Waals surface area contributed by atoms with Gasteiger partial charge >= 0.3 is 0 Å². The van der Waals surface area contributed by atoms with Crippen molar-refractivity contribution >= 4 is 5.91 Å². The van der Waals surface area contributed by atoms with Crippen LogP contribution in [-0.4, -0.2) is 37.0 Å². The molecule has 8 heteroatoms. The molecule has 0 radical (unpaired) electrons. The molecular formula is C20H25FN6O. The van der Waals surface area contributed by atoms with Crippen molar-refractivity contribution in [3.8, 4) is 5.82 Å². The number of amides is 1. The molecule has 148 valence electrons. The highest BCUT2D eigenvalue weighted by Crippen LogP contribution is 2.13. The van der Waals surface area contributed by atoms with Crippen molar-refractivity contribution in [2.24, 2.45) is 13.0 Å². The fraction of sp³-hybridized carbons (Fsp3) is 0.400. The minimum Gasteiger partial charge on any atom is -0.352 e. The zero-order chi connectivity index (χ0) is 20.1. The van der Waals surface area contributed by atoms with E-state index in [-0.39, 0.29) is 11.7 Å². The van der Waals surface area contributed by atoms with Crippen LogP contribution in [0.25, 0.3) is 5.82 Å². The molecule has 2 heterocycles. The normalized spacial score (nSPS) is 12.1. The molecule has 1 unspecified atom stereocenters. The van der Waals surface area contributed by atoms with Crippen LogP contribution in [0.3, 0.4) is 0 Å². The summed E-state index contributed by atoms with van der Waals surface area (Å²) in [5, 5.41) is 11.7. The van der Waals surface area contributed by atoms with E-state index in [1.54, 1.807) is 15.6 Å². The lowest BCUT2D eigenvalue weighted by Crippen LogP contribution is -2.26. The van der Waals surface area contributed by atoms with Gasteiger partial charge in [-0.05, 0) is 30.2 Å². The third-order valence-corrected chi connectivity index (χ3v) is 4.70. The van der Waals surface area contributed by atoms with Gasteiger partial charge < -0.3 is 5.32 Å². The molecule has 0 aliphatic heterocycles. The number of hydrogen-bond acceptors (Lipinski definition) is 4. The first-order valence-corrected chi connectivity index (χ1v) is 9.45. The molecule has 0 fully saturated rings. The fourth-order valence-electron chi connectivity index (χ4n) is 2.85. The largest absolute Gasteiger partial charge is 0.352 e. The Morgan fingerprint density at radius 2 is 2.00 bits per heavy atom. The summed E-state index contributed by atoms with van der Waals surface area (Å²) in [5.74, 6) is 2.26. The van der Waals surface area contributed by atoms with Crippen LogP contribution in [0.2, 0.25) is 0 Å². The summed E-state index contributed by atoms with van der Waals surface area (Å²) in [6, 6.07) is 7.35. The second-order valence-corrected chi connectivity index (χ2v) is 6.90. The number of halogens is 1. The summed E-state index contributed by atoms with van der Waals surface area (Å²) in [7, 11) is 1.85. The maximum absolute atomic E-state index is 13.0. The van der Waals surface area contributed by atoms with Crippen LogP contribution < -0.4 is 5.32 Å². The molecule has 7 nitrogen and oxygen atoms in total. The van der Waals surface area contributed by atoms with E-state index in [9.17, 15) is 9.18 Å². The Balaban J connectivity index is 1.72. The van der Waals surface area contributed by atoms with Crippen molar-refractivity contribution in [2.75, 3.05) is 6.54 Å². The summed E-state index contributed by atoms with van der Waals surface area (Å²) >= 11 is 0. The molecular weight excluding hydrogens is 359 g/mol. The van der Waals surface area contributed by atoms with Crippen LogP contribution in [0.15, 0.2) is 36.5 Å². The summed E-state index contributed by atoms with van der Waals surface area (Å²) < 4.78 is 16.5. The average Bonchev–Trinajstić information content (AvgIpc) is 3.27. The van der Waals surface area contributed by atoms with Gasteiger partial charge in [-0.25, -0.2) is 9.37 Å². The number of carbonyl (C=O) groups is 1. The van der Waals surface area contributed by atoms with Crippen LogP contribution in [-0.2, 0) is 19.9 Å². The molecule has 0 spiro atoms. The van der Waals surface area contributed by atoms with E-state index in [1.807, 2.05) is 13.1 Å². The van der Waals surface area contributed by atoms with E-state index in [4.69, 9.17) is 0 Å². The van der Waals surface area contributed by atoms with Crippen molar-refractivity contribution in [3.05, 3.63) is 59.6 Å². The molecule has 1 N–H and O–H groups in total. The Morgan fingerprint density at radius 1 is 1.25 bits per heavy atom. The number of nitrogens with one attached hydrogen (secondary N) is 1. The average molecular weight is 384 g/mol. The van der Waals surface area contributed by atoms with Crippen molar-refractivity contribution in [2.45, 2.75) is 33.1 Å². The van der Waals surface area contributed by atoms with E-state index in [0.29, 0.717) is 24.4 Å². The Bertz CT molecular complexity index is 931. The van der Waals surface area contributed by atoms with Gasteiger partial charge in [-0.2, -0.15) is 9.78 Å². The molecule has 0 aliphatic carbocycles. The van der Waals surface area contributed by atoms with Gasteiger partial charge in [0, 0.05) is 38.1 Å². The monoisotopic (exact) mass is 384 g/mol. The first-order valence-electron chi connectivity index (χ1n) is 9.45. The van der Waals surface area contributed by atoms with Crippen LogP contribution in [0.1, 0.15) is 42.3 Å². The van der Waals surface area contributed by atoms with E-state index in [0.717, 1.165) is 30.3 Å². The van der Waals surface area contributed by atoms with Gasteiger partial charge in [0.1, 0.15) is 11.6 Å². The Kier molecular flexibility index (Phi) is 6.18. The highest BCUT2D eigenvalue weighted by Gasteiger charge is 2.16. The van der Waals surface area contributed by atoms with Crippen molar-refractivity contribution in [1.29, 1.82) is 0 Å². The van der Waals surface area contributed by atoms with Gasteiger partial charge in [-0.3, -0.25) is 9.48 Å². The summed E-state index contributed by atoms with van der Waals surface area (Å²) in [6.45, 7) is 4.72. The van der Waals surface area contributed by atoms with Crippen LogP contribution >= 0.6 is 0 Å².